The SMILES string of the molecule is CCCCC/C=C\C/C=C\C/C=C\C/C=C\CCCCOCC. The van der Waals surface area contributed by atoms with Crippen LogP contribution in [0.3, 0.4) is 0 Å². The molecule has 0 N–H and O–H groups in total. The van der Waals surface area contributed by atoms with E-state index >= 15 is 0 Å². The van der Waals surface area contributed by atoms with Crippen LogP contribution in [0.2, 0.25) is 0 Å². The fourth-order valence-corrected chi connectivity index (χ4v) is 2.17. The Morgan fingerprint density at radius 3 is 1.52 bits per heavy atom. The van der Waals surface area contributed by atoms with Crippen LogP contribution < -0.4 is 0 Å². The highest BCUT2D eigenvalue weighted by atomic mass is 16.5. The molecule has 0 bridgehead atoms. The third kappa shape index (κ3) is 20.9. The van der Waals surface area contributed by atoms with Gasteiger partial charge in [0.2, 0.25) is 0 Å². The van der Waals surface area contributed by atoms with E-state index in [4.69, 9.17) is 4.74 Å². The van der Waals surface area contributed by atoms with Crippen LogP contribution >= 0.6 is 0 Å². The van der Waals surface area contributed by atoms with E-state index in [1.165, 1.54) is 44.9 Å². The molecule has 0 atom stereocenters. The van der Waals surface area contributed by atoms with Crippen molar-refractivity contribution >= 4 is 0 Å². The molecule has 0 aromatic heterocycles. The quantitative estimate of drug-likeness (QED) is 0.216. The first kappa shape index (κ1) is 21.9. The monoisotopic (exact) mass is 318 g/mol. The molecule has 0 aromatic rings. The third-order valence-corrected chi connectivity index (χ3v) is 3.57. The van der Waals surface area contributed by atoms with Crippen molar-refractivity contribution in [3.8, 4) is 0 Å². The Kier molecular flexibility index (Phi) is 19.9. The zero-order valence-corrected chi connectivity index (χ0v) is 15.5. The predicted octanol–water partition coefficient (Wildman–Crippen LogP) is 7.17. The first-order chi connectivity index (χ1) is 11.4. The van der Waals surface area contributed by atoms with Crippen LogP contribution in [0.15, 0.2) is 48.6 Å². The van der Waals surface area contributed by atoms with Crippen molar-refractivity contribution in [3.05, 3.63) is 48.6 Å². The molecule has 0 unspecified atom stereocenters. The Bertz CT molecular complexity index is 323. The summed E-state index contributed by atoms with van der Waals surface area (Å²) in [5.41, 5.74) is 0. The average molecular weight is 319 g/mol. The Hall–Kier alpha value is -1.08. The van der Waals surface area contributed by atoms with Crippen molar-refractivity contribution in [2.24, 2.45) is 0 Å². The number of unbranched alkanes of at least 4 members (excludes halogenated alkanes) is 5. The van der Waals surface area contributed by atoms with Crippen LogP contribution in [0.4, 0.5) is 0 Å². The molecule has 0 saturated carbocycles. The van der Waals surface area contributed by atoms with Gasteiger partial charge in [0, 0.05) is 13.2 Å². The van der Waals surface area contributed by atoms with E-state index in [-0.39, 0.29) is 0 Å². The van der Waals surface area contributed by atoms with Gasteiger partial charge < -0.3 is 4.74 Å². The Balaban J connectivity index is 3.34. The maximum absolute atomic E-state index is 5.32. The molecule has 0 heterocycles. The molecule has 0 saturated heterocycles. The van der Waals surface area contributed by atoms with Gasteiger partial charge in [0.25, 0.3) is 0 Å². The van der Waals surface area contributed by atoms with E-state index in [9.17, 15) is 0 Å². The van der Waals surface area contributed by atoms with E-state index in [2.05, 4.69) is 55.5 Å². The summed E-state index contributed by atoms with van der Waals surface area (Å²) in [5, 5.41) is 0. The van der Waals surface area contributed by atoms with Gasteiger partial charge in [0.1, 0.15) is 0 Å². The summed E-state index contributed by atoms with van der Waals surface area (Å²) >= 11 is 0. The zero-order chi connectivity index (χ0) is 16.8. The minimum Gasteiger partial charge on any atom is -0.382 e. The van der Waals surface area contributed by atoms with Crippen molar-refractivity contribution < 1.29 is 4.74 Å². The lowest BCUT2D eigenvalue weighted by molar-refractivity contribution is 0.143. The summed E-state index contributed by atoms with van der Waals surface area (Å²) in [7, 11) is 0. The van der Waals surface area contributed by atoms with E-state index < -0.39 is 0 Å². The third-order valence-electron chi connectivity index (χ3n) is 3.57. The van der Waals surface area contributed by atoms with Gasteiger partial charge in [-0.15, -0.1) is 0 Å². The molecule has 132 valence electrons. The maximum atomic E-state index is 5.32. The summed E-state index contributed by atoms with van der Waals surface area (Å²) in [4.78, 5) is 0. The van der Waals surface area contributed by atoms with Gasteiger partial charge in [-0.05, 0) is 58.3 Å². The smallest absolute Gasteiger partial charge is 0.0466 e. The topological polar surface area (TPSA) is 9.23 Å². The van der Waals surface area contributed by atoms with Crippen LogP contribution in [-0.4, -0.2) is 13.2 Å². The standard InChI is InChI=1S/C22H38O/c1-3-5-6-7-8-9-10-11-12-13-14-15-16-17-18-19-20-21-22-23-4-2/h8-9,11-12,14-15,17-18H,3-7,10,13,16,19-22H2,1-2H3/b9-8-,12-11-,15-14-,18-17-. The van der Waals surface area contributed by atoms with Crippen molar-refractivity contribution in [2.45, 2.75) is 78.1 Å². The normalized spacial score (nSPS) is 12.6. The molecule has 0 amide bonds. The minimum absolute atomic E-state index is 0.838. The molecular weight excluding hydrogens is 280 g/mol. The molecule has 0 aliphatic rings. The van der Waals surface area contributed by atoms with Crippen LogP contribution in [0.1, 0.15) is 78.1 Å². The van der Waals surface area contributed by atoms with Gasteiger partial charge in [-0.2, -0.15) is 0 Å². The first-order valence-electron chi connectivity index (χ1n) is 9.59. The second-order valence-electron chi connectivity index (χ2n) is 5.78. The lowest BCUT2D eigenvalue weighted by atomic mass is 10.2. The van der Waals surface area contributed by atoms with E-state index in [1.807, 2.05) is 6.92 Å². The number of rotatable bonds is 16. The number of ether oxygens (including phenoxy) is 1. The second-order valence-corrected chi connectivity index (χ2v) is 5.78. The van der Waals surface area contributed by atoms with E-state index in [0.717, 1.165) is 32.5 Å². The lowest BCUT2D eigenvalue weighted by Crippen LogP contribution is -1.92. The Labute approximate surface area is 145 Å². The van der Waals surface area contributed by atoms with E-state index in [0.29, 0.717) is 0 Å². The molecule has 0 aliphatic carbocycles. The van der Waals surface area contributed by atoms with Gasteiger partial charge >= 0.3 is 0 Å². The highest BCUT2D eigenvalue weighted by Crippen LogP contribution is 2.01. The molecule has 0 spiro atoms. The molecule has 1 heteroatoms. The molecule has 0 radical (unpaired) electrons. The van der Waals surface area contributed by atoms with Gasteiger partial charge in [-0.3, -0.25) is 0 Å². The van der Waals surface area contributed by atoms with Gasteiger partial charge in [0.15, 0.2) is 0 Å². The van der Waals surface area contributed by atoms with Gasteiger partial charge in [-0.25, -0.2) is 0 Å². The molecule has 0 aromatic carbocycles. The van der Waals surface area contributed by atoms with E-state index in [1.54, 1.807) is 0 Å². The second kappa shape index (κ2) is 20.9. The maximum Gasteiger partial charge on any atom is 0.0466 e. The van der Waals surface area contributed by atoms with Gasteiger partial charge in [0.05, 0.1) is 0 Å². The molecule has 0 rings (SSSR count). The van der Waals surface area contributed by atoms with Crippen LogP contribution in [-0.2, 0) is 4.74 Å². The lowest BCUT2D eigenvalue weighted by Gasteiger charge is -1.98. The Morgan fingerprint density at radius 2 is 1.04 bits per heavy atom. The summed E-state index contributed by atoms with van der Waals surface area (Å²) in [6.45, 7) is 6.04. The number of hydrogen-bond acceptors (Lipinski definition) is 1. The molecule has 0 aliphatic heterocycles. The summed E-state index contributed by atoms with van der Waals surface area (Å²) in [6.07, 6.45) is 30.1. The minimum atomic E-state index is 0.838. The Morgan fingerprint density at radius 1 is 0.565 bits per heavy atom. The molecule has 0 fully saturated rings. The molecule has 1 nitrogen and oxygen atoms in total. The highest BCUT2D eigenvalue weighted by Gasteiger charge is 1.85. The van der Waals surface area contributed by atoms with Crippen molar-refractivity contribution in [3.63, 3.8) is 0 Å². The summed E-state index contributed by atoms with van der Waals surface area (Å²) < 4.78 is 5.32. The molecular formula is C22H38O. The fraction of sp³-hybridized carbons (Fsp3) is 0.636. The van der Waals surface area contributed by atoms with Crippen molar-refractivity contribution in [1.82, 2.24) is 0 Å². The zero-order valence-electron chi connectivity index (χ0n) is 15.5. The summed E-state index contributed by atoms with van der Waals surface area (Å²) in [5.74, 6) is 0. The van der Waals surface area contributed by atoms with Crippen LogP contribution in [0.5, 0.6) is 0 Å². The van der Waals surface area contributed by atoms with Crippen LogP contribution in [0, 0.1) is 0 Å². The van der Waals surface area contributed by atoms with Crippen molar-refractivity contribution in [2.75, 3.05) is 13.2 Å². The predicted molar refractivity (Wildman–Crippen MR) is 105 cm³/mol. The largest absolute Gasteiger partial charge is 0.382 e. The van der Waals surface area contributed by atoms with Gasteiger partial charge in [-0.1, -0.05) is 68.4 Å². The molecule has 23 heavy (non-hydrogen) atoms. The fourth-order valence-electron chi connectivity index (χ4n) is 2.17. The highest BCUT2D eigenvalue weighted by molar-refractivity contribution is 4.99. The number of hydrogen-bond donors (Lipinski definition) is 0. The van der Waals surface area contributed by atoms with Crippen molar-refractivity contribution in [1.29, 1.82) is 0 Å². The van der Waals surface area contributed by atoms with Crippen LogP contribution in [0.25, 0.3) is 0 Å². The average Bonchev–Trinajstić information content (AvgIpc) is 2.57. The summed E-state index contributed by atoms with van der Waals surface area (Å²) in [6, 6.07) is 0. The first-order valence-corrected chi connectivity index (χ1v) is 9.59. The number of allylic oxidation sites excluding steroid dienone is 8.